The van der Waals surface area contributed by atoms with Crippen LogP contribution >= 0.6 is 0 Å². The normalized spacial score (nSPS) is 15.9. The maximum Gasteiger partial charge on any atom is 0.276 e. The Labute approximate surface area is 236 Å². The third-order valence-corrected chi connectivity index (χ3v) is 7.48. The summed E-state index contributed by atoms with van der Waals surface area (Å²) in [6.45, 7) is 3.32. The predicted molar refractivity (Wildman–Crippen MR) is 153 cm³/mol. The molecule has 2 aromatic carbocycles. The number of aliphatic hydroxyl groups is 1. The number of ether oxygens (including phenoxy) is 3. The van der Waals surface area contributed by atoms with E-state index in [0.717, 1.165) is 12.8 Å². The zero-order valence-electron chi connectivity index (χ0n) is 23.4. The molecule has 0 bridgehead atoms. The molecule has 2 aliphatic rings. The van der Waals surface area contributed by atoms with Gasteiger partial charge in [0.2, 0.25) is 11.2 Å². The highest BCUT2D eigenvalue weighted by molar-refractivity contribution is 5.98. The third kappa shape index (κ3) is 5.84. The van der Waals surface area contributed by atoms with Crippen LogP contribution < -0.4 is 30.0 Å². The van der Waals surface area contributed by atoms with Crippen molar-refractivity contribution < 1.29 is 28.5 Å². The van der Waals surface area contributed by atoms with Crippen molar-refractivity contribution in [2.75, 3.05) is 65.6 Å². The molecule has 1 amide bonds. The Morgan fingerprint density at radius 3 is 2.34 bits per heavy atom. The summed E-state index contributed by atoms with van der Waals surface area (Å²) in [6.07, 6.45) is 4.76. The lowest BCUT2D eigenvalue weighted by Crippen LogP contribution is -2.47. The summed E-state index contributed by atoms with van der Waals surface area (Å²) in [5.41, 5.74) is 3.34. The van der Waals surface area contributed by atoms with Crippen molar-refractivity contribution >= 4 is 28.7 Å². The number of benzene rings is 2. The number of aliphatic hydroxyl groups excluding tert-OH is 1. The fourth-order valence-electron chi connectivity index (χ4n) is 5.17. The van der Waals surface area contributed by atoms with E-state index in [4.69, 9.17) is 14.2 Å². The van der Waals surface area contributed by atoms with Gasteiger partial charge in [0.05, 0.1) is 45.4 Å². The number of nitrogens with zero attached hydrogens (tertiary/aromatic N) is 4. The Morgan fingerprint density at radius 1 is 1.07 bits per heavy atom. The lowest BCUT2D eigenvalue weighted by atomic mass is 10.1. The van der Waals surface area contributed by atoms with Crippen molar-refractivity contribution in [3.63, 3.8) is 0 Å². The van der Waals surface area contributed by atoms with E-state index in [2.05, 4.69) is 15.4 Å². The van der Waals surface area contributed by atoms with Crippen LogP contribution in [0.2, 0.25) is 0 Å². The zero-order chi connectivity index (χ0) is 29.1. The van der Waals surface area contributed by atoms with Crippen molar-refractivity contribution in [2.45, 2.75) is 18.9 Å². The predicted octanol–water partition coefficient (Wildman–Crippen LogP) is 2.38. The van der Waals surface area contributed by atoms with E-state index < -0.39 is 17.2 Å². The van der Waals surface area contributed by atoms with E-state index in [1.54, 1.807) is 24.4 Å². The van der Waals surface area contributed by atoms with Crippen molar-refractivity contribution in [1.29, 1.82) is 0 Å². The van der Waals surface area contributed by atoms with Crippen LogP contribution in [0, 0.1) is 5.82 Å². The number of pyridine rings is 1. The number of β-amino-alcohol motifs (C(OH)–C–C–N with tert-alkyl or cyclic N) is 1. The highest BCUT2D eigenvalue weighted by Crippen LogP contribution is 2.39. The minimum absolute atomic E-state index is 0.0875. The second-order valence-corrected chi connectivity index (χ2v) is 10.0. The van der Waals surface area contributed by atoms with Crippen molar-refractivity contribution in [3.05, 3.63) is 57.6 Å². The molecule has 0 radical (unpaired) electrons. The fourth-order valence-corrected chi connectivity index (χ4v) is 5.17. The number of nitrogens with one attached hydrogen (secondary N) is 1. The number of aromatic nitrogens is 1. The summed E-state index contributed by atoms with van der Waals surface area (Å²) in [4.78, 5) is 30.6. The fraction of sp³-hybridized carbons (Fsp3) is 0.414. The number of hydrogen-bond acceptors (Lipinski definition) is 9. The molecule has 2 fully saturated rings. The molecular weight excluding hydrogens is 533 g/mol. The van der Waals surface area contributed by atoms with Gasteiger partial charge in [0.1, 0.15) is 11.4 Å². The molecule has 5 rings (SSSR count). The van der Waals surface area contributed by atoms with Crippen LogP contribution in [-0.4, -0.2) is 87.4 Å². The number of hydrazone groups is 1. The van der Waals surface area contributed by atoms with Gasteiger partial charge >= 0.3 is 0 Å². The molecule has 0 unspecified atom stereocenters. The second kappa shape index (κ2) is 12.1. The first kappa shape index (κ1) is 28.4. The molecular formula is C29H34FN5O6. The molecule has 1 aromatic heterocycles. The molecule has 11 nitrogen and oxygen atoms in total. The average molecular weight is 568 g/mol. The van der Waals surface area contributed by atoms with Gasteiger partial charge < -0.3 is 28.8 Å². The van der Waals surface area contributed by atoms with Crippen LogP contribution in [0.3, 0.4) is 0 Å². The molecule has 2 N–H and O–H groups in total. The Kier molecular flexibility index (Phi) is 8.41. The van der Waals surface area contributed by atoms with E-state index in [-0.39, 0.29) is 23.6 Å². The number of piperazine rings is 1. The number of carbonyl (C=O) groups is 1. The van der Waals surface area contributed by atoms with Crippen molar-refractivity contribution in [3.8, 4) is 17.2 Å². The molecule has 218 valence electrons. The minimum atomic E-state index is -0.695. The van der Waals surface area contributed by atoms with Crippen LogP contribution in [0.15, 0.2) is 40.4 Å². The van der Waals surface area contributed by atoms with E-state index in [1.165, 1.54) is 33.6 Å². The van der Waals surface area contributed by atoms with Gasteiger partial charge in [0.15, 0.2) is 11.5 Å². The molecule has 2 heterocycles. The number of amides is 1. The van der Waals surface area contributed by atoms with Crippen molar-refractivity contribution in [1.82, 2.24) is 14.9 Å². The topological polar surface area (TPSA) is 118 Å². The Bertz CT molecular complexity index is 1500. The molecule has 1 saturated heterocycles. The SMILES string of the molecule is COc1cc(/C=N\NC(=O)c2cn(C3CC3)c3cc(N4CCN(CCO)CC4)c(F)cc3c2=O)cc(OC)c1OC. The van der Waals surface area contributed by atoms with Gasteiger partial charge in [-0.1, -0.05) is 0 Å². The Morgan fingerprint density at radius 2 is 1.76 bits per heavy atom. The molecule has 1 aliphatic carbocycles. The standard InChI is InChI=1S/C29H34FN5O6/c1-39-25-12-18(13-26(40-2)28(25)41-3)16-31-32-29(38)21-17-35(19-4-5-19)23-15-24(22(30)14-20(23)27(21)37)34-8-6-33(7-9-34)10-11-36/h12-17,19,36H,4-11H2,1-3H3,(H,32,38)/b31-16-. The maximum absolute atomic E-state index is 15.4. The summed E-state index contributed by atoms with van der Waals surface area (Å²) >= 11 is 0. The first-order chi connectivity index (χ1) is 19.9. The average Bonchev–Trinajstić information content (AvgIpc) is 3.83. The van der Waals surface area contributed by atoms with Gasteiger partial charge in [-0.25, -0.2) is 9.82 Å². The summed E-state index contributed by atoms with van der Waals surface area (Å²) in [6, 6.07) is 6.42. The largest absolute Gasteiger partial charge is 0.493 e. The number of carbonyl (C=O) groups excluding carboxylic acids is 1. The van der Waals surface area contributed by atoms with Gasteiger partial charge in [-0.2, -0.15) is 5.10 Å². The lowest BCUT2D eigenvalue weighted by Gasteiger charge is -2.36. The Balaban J connectivity index is 1.42. The van der Waals surface area contributed by atoms with Crippen LogP contribution in [0.25, 0.3) is 10.9 Å². The minimum Gasteiger partial charge on any atom is -0.493 e. The lowest BCUT2D eigenvalue weighted by molar-refractivity contribution is 0.0953. The highest BCUT2D eigenvalue weighted by atomic mass is 19.1. The number of rotatable bonds is 10. The van der Waals surface area contributed by atoms with E-state index in [1.807, 2.05) is 9.47 Å². The zero-order valence-corrected chi connectivity index (χ0v) is 23.4. The maximum atomic E-state index is 15.4. The summed E-state index contributed by atoms with van der Waals surface area (Å²) < 4.78 is 33.3. The van der Waals surface area contributed by atoms with Gasteiger partial charge in [0.25, 0.3) is 5.91 Å². The monoisotopic (exact) mass is 567 g/mol. The van der Waals surface area contributed by atoms with E-state index >= 15 is 4.39 Å². The number of hydrogen-bond donors (Lipinski definition) is 2. The summed E-state index contributed by atoms with van der Waals surface area (Å²) in [7, 11) is 4.49. The first-order valence-corrected chi connectivity index (χ1v) is 13.5. The number of halogens is 1. The highest BCUT2D eigenvalue weighted by Gasteiger charge is 2.28. The molecule has 3 aromatic rings. The smallest absolute Gasteiger partial charge is 0.276 e. The van der Waals surface area contributed by atoms with Gasteiger partial charge in [-0.15, -0.1) is 0 Å². The number of anilines is 1. The van der Waals surface area contributed by atoms with Gasteiger partial charge in [-0.3, -0.25) is 14.5 Å². The van der Waals surface area contributed by atoms with Crippen molar-refractivity contribution in [2.24, 2.45) is 5.10 Å². The van der Waals surface area contributed by atoms with E-state index in [9.17, 15) is 14.7 Å². The molecule has 1 aliphatic heterocycles. The molecule has 0 atom stereocenters. The summed E-state index contributed by atoms with van der Waals surface area (Å²) in [5.74, 6) is 0.0714. The van der Waals surface area contributed by atoms with Crippen LogP contribution in [0.4, 0.5) is 10.1 Å². The molecule has 0 spiro atoms. The molecule has 1 saturated carbocycles. The second-order valence-electron chi connectivity index (χ2n) is 10.0. The summed E-state index contributed by atoms with van der Waals surface area (Å²) in [5, 5.41) is 13.4. The number of fused-ring (bicyclic) bond motifs is 1. The van der Waals surface area contributed by atoms with Gasteiger partial charge in [0, 0.05) is 55.9 Å². The van der Waals surface area contributed by atoms with Crippen LogP contribution in [-0.2, 0) is 0 Å². The molecule has 12 heteroatoms. The first-order valence-electron chi connectivity index (χ1n) is 13.5. The van der Waals surface area contributed by atoms with Gasteiger partial charge in [-0.05, 0) is 37.1 Å². The quantitative estimate of drug-likeness (QED) is 0.283. The number of methoxy groups -OCH3 is 3. The van der Waals surface area contributed by atoms with E-state index in [0.29, 0.717) is 66.7 Å². The molecule has 41 heavy (non-hydrogen) atoms. The Hall–Kier alpha value is -4.16. The van der Waals surface area contributed by atoms with Crippen LogP contribution in [0.5, 0.6) is 17.2 Å². The third-order valence-electron chi connectivity index (χ3n) is 7.48. The van der Waals surface area contributed by atoms with Crippen LogP contribution in [0.1, 0.15) is 34.8 Å².